The molecule has 0 spiro atoms. The van der Waals surface area contributed by atoms with Gasteiger partial charge in [-0.05, 0) is 29.9 Å². The highest BCUT2D eigenvalue weighted by molar-refractivity contribution is 7.10. The lowest BCUT2D eigenvalue weighted by Crippen LogP contribution is -2.49. The normalized spacial score (nSPS) is 21.7. The second kappa shape index (κ2) is 6.11. The molecule has 8 heteroatoms. The number of piperidine rings is 1. The van der Waals surface area contributed by atoms with Crippen LogP contribution in [0.5, 0.6) is 0 Å². The second-order valence-electron chi connectivity index (χ2n) is 6.67. The third-order valence-corrected chi connectivity index (χ3v) is 5.92. The minimum Gasteiger partial charge on any atom is -0.341 e. The van der Waals surface area contributed by atoms with E-state index in [0.29, 0.717) is 26.1 Å². The van der Waals surface area contributed by atoms with Crippen molar-refractivity contribution in [3.8, 4) is 0 Å². The van der Waals surface area contributed by atoms with Gasteiger partial charge < -0.3 is 9.47 Å². The second-order valence-corrected chi connectivity index (χ2v) is 7.70. The van der Waals surface area contributed by atoms with Crippen molar-refractivity contribution >= 4 is 22.9 Å². The van der Waals surface area contributed by atoms with Crippen LogP contribution in [0.3, 0.4) is 0 Å². The van der Waals surface area contributed by atoms with E-state index in [9.17, 15) is 19.7 Å². The van der Waals surface area contributed by atoms with Crippen molar-refractivity contribution in [1.29, 1.82) is 0 Å². The Hall–Kier alpha value is -2.48. The summed E-state index contributed by atoms with van der Waals surface area (Å²) in [5, 5.41) is 12.9. The Bertz CT molecular complexity index is 890. The molecule has 2 aliphatic heterocycles. The molecule has 0 saturated carbocycles. The molecule has 2 bridgehead atoms. The monoisotopic (exact) mass is 359 g/mol. The number of fused-ring (bicyclic) bond motifs is 4. The van der Waals surface area contributed by atoms with Gasteiger partial charge in [-0.1, -0.05) is 6.07 Å². The molecule has 2 aliphatic rings. The number of hydrogen-bond acceptors (Lipinski definition) is 5. The van der Waals surface area contributed by atoms with Crippen molar-refractivity contribution in [3.63, 3.8) is 0 Å². The van der Waals surface area contributed by atoms with E-state index in [2.05, 4.69) is 0 Å². The van der Waals surface area contributed by atoms with Gasteiger partial charge in [-0.25, -0.2) is 0 Å². The summed E-state index contributed by atoms with van der Waals surface area (Å²) in [7, 11) is 0. The largest absolute Gasteiger partial charge is 0.341 e. The number of rotatable bonds is 3. The first-order chi connectivity index (χ1) is 12.0. The smallest absolute Gasteiger partial charge is 0.334 e. The van der Waals surface area contributed by atoms with Crippen molar-refractivity contribution in [1.82, 2.24) is 9.47 Å². The zero-order valence-corrected chi connectivity index (χ0v) is 14.3. The molecule has 0 unspecified atom stereocenters. The SMILES string of the molecule is O=C(Cc1cccs1)N1C[C@H]2C[C@@H](C1)c1ccc([N+](=O)[O-])c(=O)n1C2. The summed E-state index contributed by atoms with van der Waals surface area (Å²) in [6.07, 6.45) is 1.32. The molecule has 4 heterocycles. The average Bonchev–Trinajstić information content (AvgIpc) is 3.08. The van der Waals surface area contributed by atoms with Crippen molar-refractivity contribution in [2.45, 2.75) is 25.3 Å². The predicted octanol–water partition coefficient (Wildman–Crippen LogP) is 2.01. The number of aromatic nitrogens is 1. The van der Waals surface area contributed by atoms with Gasteiger partial charge in [-0.15, -0.1) is 11.3 Å². The molecule has 0 radical (unpaired) electrons. The van der Waals surface area contributed by atoms with Crippen LogP contribution >= 0.6 is 11.3 Å². The van der Waals surface area contributed by atoms with Crippen molar-refractivity contribution in [2.24, 2.45) is 5.92 Å². The summed E-state index contributed by atoms with van der Waals surface area (Å²) in [6, 6.07) is 6.86. The van der Waals surface area contributed by atoms with Gasteiger partial charge in [0, 0.05) is 42.2 Å². The van der Waals surface area contributed by atoms with Crippen LogP contribution in [0.1, 0.15) is 22.9 Å². The molecule has 0 N–H and O–H groups in total. The van der Waals surface area contributed by atoms with Gasteiger partial charge in [0.05, 0.1) is 11.3 Å². The van der Waals surface area contributed by atoms with E-state index in [1.807, 2.05) is 22.4 Å². The number of hydrogen-bond donors (Lipinski definition) is 0. The summed E-state index contributed by atoms with van der Waals surface area (Å²) in [6.45, 7) is 1.61. The van der Waals surface area contributed by atoms with Crippen molar-refractivity contribution in [3.05, 3.63) is 60.7 Å². The number of carbonyl (C=O) groups is 1. The highest BCUT2D eigenvalue weighted by atomic mass is 32.1. The number of amides is 1. The molecule has 0 aromatic carbocycles. The van der Waals surface area contributed by atoms with E-state index in [1.54, 1.807) is 17.4 Å². The summed E-state index contributed by atoms with van der Waals surface area (Å²) in [4.78, 5) is 38.2. The summed E-state index contributed by atoms with van der Waals surface area (Å²) < 4.78 is 1.54. The number of nitro groups is 1. The third-order valence-electron chi connectivity index (χ3n) is 5.04. The van der Waals surface area contributed by atoms with Gasteiger partial charge in [0.15, 0.2) is 0 Å². The van der Waals surface area contributed by atoms with Crippen LogP contribution in [0.25, 0.3) is 0 Å². The Morgan fingerprint density at radius 3 is 2.84 bits per heavy atom. The summed E-state index contributed by atoms with van der Waals surface area (Å²) >= 11 is 1.57. The van der Waals surface area contributed by atoms with Crippen LogP contribution in [0.2, 0.25) is 0 Å². The van der Waals surface area contributed by atoms with Gasteiger partial charge in [0.1, 0.15) is 0 Å². The van der Waals surface area contributed by atoms with E-state index in [0.717, 1.165) is 17.0 Å². The molecule has 2 atom stereocenters. The van der Waals surface area contributed by atoms with Gasteiger partial charge in [0.2, 0.25) is 5.91 Å². The Morgan fingerprint density at radius 1 is 1.28 bits per heavy atom. The number of carbonyl (C=O) groups excluding carboxylic acids is 1. The van der Waals surface area contributed by atoms with Gasteiger partial charge in [-0.3, -0.25) is 19.7 Å². The molecule has 2 aromatic heterocycles. The lowest BCUT2D eigenvalue weighted by molar-refractivity contribution is -0.386. The van der Waals surface area contributed by atoms with E-state index >= 15 is 0 Å². The first kappa shape index (κ1) is 16.0. The van der Waals surface area contributed by atoms with E-state index < -0.39 is 10.5 Å². The van der Waals surface area contributed by atoms with Crippen LogP contribution in [0, 0.1) is 16.0 Å². The third kappa shape index (κ3) is 2.86. The van der Waals surface area contributed by atoms with Crippen LogP contribution in [-0.4, -0.2) is 33.4 Å². The van der Waals surface area contributed by atoms with Gasteiger partial charge >= 0.3 is 11.2 Å². The molecule has 0 aliphatic carbocycles. The number of pyridine rings is 1. The molecule has 2 aromatic rings. The average molecular weight is 359 g/mol. The minimum atomic E-state index is -0.628. The van der Waals surface area contributed by atoms with E-state index in [-0.39, 0.29) is 23.4 Å². The summed E-state index contributed by atoms with van der Waals surface area (Å²) in [5.41, 5.74) is -0.106. The Morgan fingerprint density at radius 2 is 2.12 bits per heavy atom. The maximum Gasteiger partial charge on any atom is 0.334 e. The highest BCUT2D eigenvalue weighted by Gasteiger charge is 2.37. The molecule has 4 rings (SSSR count). The van der Waals surface area contributed by atoms with E-state index in [1.165, 1.54) is 10.6 Å². The van der Waals surface area contributed by atoms with Crippen molar-refractivity contribution in [2.75, 3.05) is 13.1 Å². The molecule has 1 fully saturated rings. The van der Waals surface area contributed by atoms with E-state index in [4.69, 9.17) is 0 Å². The number of thiophene rings is 1. The standard InChI is InChI=1S/C17H17N3O4S/c21-16(7-13-2-1-5-25-13)18-8-11-6-12(10-18)14-3-4-15(20(23)24)17(22)19(14)9-11/h1-5,11-12H,6-10H2/t11-,12+/m1/s1. The summed E-state index contributed by atoms with van der Waals surface area (Å²) in [5.74, 6) is 0.335. The predicted molar refractivity (Wildman–Crippen MR) is 92.8 cm³/mol. The van der Waals surface area contributed by atoms with Gasteiger partial charge in [-0.2, -0.15) is 0 Å². The first-order valence-electron chi connectivity index (χ1n) is 8.21. The highest BCUT2D eigenvalue weighted by Crippen LogP contribution is 2.35. The maximum absolute atomic E-state index is 12.6. The number of likely N-dealkylation sites (tertiary alicyclic amines) is 1. The molecule has 25 heavy (non-hydrogen) atoms. The van der Waals surface area contributed by atoms with Crippen LogP contribution in [0.4, 0.5) is 5.69 Å². The Labute approximate surface area is 147 Å². The molecule has 1 saturated heterocycles. The fourth-order valence-electron chi connectivity index (χ4n) is 3.95. The maximum atomic E-state index is 12.6. The lowest BCUT2D eigenvalue weighted by atomic mass is 9.83. The van der Waals surface area contributed by atoms with Gasteiger partial charge in [0.25, 0.3) is 0 Å². The fraction of sp³-hybridized carbons (Fsp3) is 0.412. The minimum absolute atomic E-state index is 0.0632. The topological polar surface area (TPSA) is 85.5 Å². The number of nitrogens with zero attached hydrogens (tertiary/aromatic N) is 3. The molecular weight excluding hydrogens is 342 g/mol. The van der Waals surface area contributed by atoms with Crippen LogP contribution in [-0.2, 0) is 17.8 Å². The fourth-order valence-corrected chi connectivity index (χ4v) is 4.65. The Kier molecular flexibility index (Phi) is 3.91. The molecular formula is C17H17N3O4S. The quantitative estimate of drug-likeness (QED) is 0.620. The van der Waals surface area contributed by atoms with Crippen molar-refractivity contribution < 1.29 is 9.72 Å². The first-order valence-corrected chi connectivity index (χ1v) is 9.09. The van der Waals surface area contributed by atoms with Crippen LogP contribution < -0.4 is 5.56 Å². The molecule has 1 amide bonds. The molecule has 7 nitrogen and oxygen atoms in total. The zero-order chi connectivity index (χ0) is 17.6. The molecule has 130 valence electrons. The lowest BCUT2D eigenvalue weighted by Gasteiger charge is -2.42. The zero-order valence-electron chi connectivity index (χ0n) is 13.5. The van der Waals surface area contributed by atoms with Crippen LogP contribution in [0.15, 0.2) is 34.4 Å². The Balaban J connectivity index is 1.59.